The summed E-state index contributed by atoms with van der Waals surface area (Å²) in [5.74, 6) is 0. The fourth-order valence-electron chi connectivity index (χ4n) is 1.50. The van der Waals surface area contributed by atoms with Gasteiger partial charge in [0.05, 0.1) is 15.1 Å². The summed E-state index contributed by atoms with van der Waals surface area (Å²) in [7, 11) is 1.49. The van der Waals surface area contributed by atoms with Crippen LogP contribution >= 0.6 is 22.0 Å². The van der Waals surface area contributed by atoms with E-state index < -0.39 is 9.05 Å². The van der Waals surface area contributed by atoms with Gasteiger partial charge in [-0.25, -0.2) is 8.42 Å². The lowest BCUT2D eigenvalue weighted by molar-refractivity contribution is 0.609. The zero-order valence-electron chi connectivity index (χ0n) is 8.31. The van der Waals surface area contributed by atoms with Gasteiger partial charge in [-0.2, -0.15) is 0 Å². The van der Waals surface area contributed by atoms with Crippen LogP contribution in [-0.2, 0) is 15.6 Å². The summed E-state index contributed by atoms with van der Waals surface area (Å²) >= 11 is 1.02. The second-order valence-corrected chi connectivity index (χ2v) is 6.74. The Morgan fingerprint density at radius 1 is 1.44 bits per heavy atom. The van der Waals surface area contributed by atoms with E-state index in [0.29, 0.717) is 11.2 Å². The first-order chi connectivity index (χ1) is 7.43. The minimum absolute atomic E-state index is 0.0196. The zero-order chi connectivity index (χ0) is 11.9. The van der Waals surface area contributed by atoms with E-state index in [0.717, 1.165) is 16.9 Å². The molecule has 0 radical (unpaired) electrons. The molecule has 0 N–H and O–H groups in total. The lowest BCUT2D eigenvalue weighted by atomic mass is 10.3. The van der Waals surface area contributed by atoms with Crippen LogP contribution in [0.4, 0.5) is 0 Å². The van der Waals surface area contributed by atoms with Gasteiger partial charge in [0.25, 0.3) is 9.05 Å². The van der Waals surface area contributed by atoms with Crippen molar-refractivity contribution in [3.05, 3.63) is 27.9 Å². The summed E-state index contributed by atoms with van der Waals surface area (Å²) < 4.78 is 24.5. The van der Waals surface area contributed by atoms with Crippen molar-refractivity contribution in [2.45, 2.75) is 18.4 Å². The van der Waals surface area contributed by atoms with Crippen LogP contribution in [0.5, 0.6) is 0 Å². The highest BCUT2D eigenvalue weighted by Gasteiger charge is 2.13. The predicted molar refractivity (Wildman–Crippen MR) is 64.8 cm³/mol. The Labute approximate surface area is 101 Å². The third kappa shape index (κ3) is 1.88. The summed E-state index contributed by atoms with van der Waals surface area (Å²) in [5.41, 5.74) is 0.738. The Kier molecular flexibility index (Phi) is 2.81. The van der Waals surface area contributed by atoms with Crippen molar-refractivity contribution in [1.29, 1.82) is 0 Å². The van der Waals surface area contributed by atoms with E-state index in [1.165, 1.54) is 12.1 Å². The third-order valence-electron chi connectivity index (χ3n) is 2.24. The van der Waals surface area contributed by atoms with Crippen LogP contribution in [0.1, 0.15) is 6.92 Å². The van der Waals surface area contributed by atoms with Crippen LogP contribution in [0, 0.1) is 0 Å². The molecule has 0 aliphatic heterocycles. The molecule has 0 fully saturated rings. The van der Waals surface area contributed by atoms with E-state index in [1.807, 2.05) is 6.92 Å². The lowest BCUT2D eigenvalue weighted by Gasteiger charge is -1.99. The minimum Gasteiger partial charge on any atom is -0.299 e. The van der Waals surface area contributed by atoms with Crippen molar-refractivity contribution >= 4 is 41.3 Å². The summed E-state index contributed by atoms with van der Waals surface area (Å²) in [4.78, 5) is 11.5. The number of halogens is 1. The maximum Gasteiger partial charge on any atom is 0.308 e. The van der Waals surface area contributed by atoms with Crippen LogP contribution in [0.2, 0.25) is 0 Å². The van der Waals surface area contributed by atoms with Crippen LogP contribution < -0.4 is 4.87 Å². The zero-order valence-corrected chi connectivity index (χ0v) is 10.7. The first-order valence-electron chi connectivity index (χ1n) is 4.51. The van der Waals surface area contributed by atoms with Gasteiger partial charge in [0, 0.05) is 17.2 Å². The van der Waals surface area contributed by atoms with Crippen LogP contribution in [0.15, 0.2) is 27.9 Å². The molecule has 4 nitrogen and oxygen atoms in total. The summed E-state index contributed by atoms with van der Waals surface area (Å²) in [5, 5.41) is 0. The lowest BCUT2D eigenvalue weighted by Crippen LogP contribution is -2.10. The monoisotopic (exact) mass is 277 g/mol. The molecule has 0 saturated heterocycles. The van der Waals surface area contributed by atoms with Crippen molar-refractivity contribution in [2.75, 3.05) is 0 Å². The van der Waals surface area contributed by atoms with E-state index in [1.54, 1.807) is 10.6 Å². The molecule has 2 rings (SSSR count). The third-order valence-corrected chi connectivity index (χ3v) is 4.53. The minimum atomic E-state index is -3.74. The number of hydrogen-bond donors (Lipinski definition) is 0. The standard InChI is InChI=1S/C9H8ClNO3S2/c1-2-11-7-4-3-6(16(10,13)14)5-8(7)15-9(11)12/h3-5H,2H2,1H3. The topological polar surface area (TPSA) is 56.1 Å². The molecule has 0 atom stereocenters. The Bertz CT molecular complexity index is 699. The molecule has 16 heavy (non-hydrogen) atoms. The maximum atomic E-state index is 11.5. The van der Waals surface area contributed by atoms with Gasteiger partial charge in [-0.3, -0.25) is 9.36 Å². The average Bonchev–Trinajstić information content (AvgIpc) is 2.50. The molecule has 2 aromatic rings. The van der Waals surface area contributed by atoms with E-state index in [2.05, 4.69) is 0 Å². The van der Waals surface area contributed by atoms with Crippen LogP contribution in [-0.4, -0.2) is 13.0 Å². The van der Waals surface area contributed by atoms with E-state index >= 15 is 0 Å². The molecule has 7 heteroatoms. The molecular formula is C9H8ClNO3S2. The van der Waals surface area contributed by atoms with Crippen molar-refractivity contribution < 1.29 is 8.42 Å². The van der Waals surface area contributed by atoms with Gasteiger partial charge in [0.2, 0.25) is 0 Å². The van der Waals surface area contributed by atoms with Crippen molar-refractivity contribution in [1.82, 2.24) is 4.57 Å². The maximum absolute atomic E-state index is 11.5. The number of fused-ring (bicyclic) bond motifs is 1. The smallest absolute Gasteiger partial charge is 0.299 e. The fraction of sp³-hybridized carbons (Fsp3) is 0.222. The van der Waals surface area contributed by atoms with Gasteiger partial charge in [-0.15, -0.1) is 0 Å². The summed E-state index contributed by atoms with van der Waals surface area (Å²) in [6.45, 7) is 2.42. The quantitative estimate of drug-likeness (QED) is 0.789. The second-order valence-electron chi connectivity index (χ2n) is 3.18. The Morgan fingerprint density at radius 3 is 2.69 bits per heavy atom. The molecular weight excluding hydrogens is 270 g/mol. The molecule has 0 spiro atoms. The van der Waals surface area contributed by atoms with Gasteiger partial charge in [-0.1, -0.05) is 11.3 Å². The van der Waals surface area contributed by atoms with E-state index in [4.69, 9.17) is 10.7 Å². The molecule has 1 heterocycles. The Hall–Kier alpha value is -0.850. The molecule has 0 unspecified atom stereocenters. The number of hydrogen-bond acceptors (Lipinski definition) is 4. The van der Waals surface area contributed by atoms with Gasteiger partial charge in [-0.05, 0) is 25.1 Å². The highest BCUT2D eigenvalue weighted by Crippen LogP contribution is 2.23. The first kappa shape index (κ1) is 11.6. The highest BCUT2D eigenvalue weighted by molar-refractivity contribution is 8.13. The SMILES string of the molecule is CCn1c(=O)sc2cc(S(=O)(=O)Cl)ccc21. The molecule has 1 aromatic heterocycles. The molecule has 0 amide bonds. The Balaban J connectivity index is 2.80. The van der Waals surface area contributed by atoms with Crippen molar-refractivity contribution in [2.24, 2.45) is 0 Å². The van der Waals surface area contributed by atoms with Crippen LogP contribution in [0.3, 0.4) is 0 Å². The molecule has 0 aliphatic rings. The Morgan fingerprint density at radius 2 is 2.12 bits per heavy atom. The fourth-order valence-corrected chi connectivity index (χ4v) is 3.34. The molecule has 0 saturated carbocycles. The van der Waals surface area contributed by atoms with Gasteiger partial charge in [0.15, 0.2) is 0 Å². The molecule has 0 aliphatic carbocycles. The second kappa shape index (κ2) is 3.87. The van der Waals surface area contributed by atoms with Crippen molar-refractivity contribution in [3.8, 4) is 0 Å². The van der Waals surface area contributed by atoms with Gasteiger partial charge < -0.3 is 0 Å². The van der Waals surface area contributed by atoms with E-state index in [-0.39, 0.29) is 9.77 Å². The molecule has 1 aromatic carbocycles. The van der Waals surface area contributed by atoms with Gasteiger partial charge in [0.1, 0.15) is 0 Å². The molecule has 0 bridgehead atoms. The summed E-state index contributed by atoms with van der Waals surface area (Å²) in [6.07, 6.45) is 0. The van der Waals surface area contributed by atoms with Gasteiger partial charge >= 0.3 is 4.87 Å². The number of nitrogens with zero attached hydrogens (tertiary/aromatic N) is 1. The predicted octanol–water partition coefficient (Wildman–Crippen LogP) is 2.01. The molecule has 86 valence electrons. The number of aryl methyl sites for hydroxylation is 1. The highest BCUT2D eigenvalue weighted by atomic mass is 35.7. The largest absolute Gasteiger partial charge is 0.308 e. The van der Waals surface area contributed by atoms with E-state index in [9.17, 15) is 13.2 Å². The number of rotatable bonds is 2. The number of benzene rings is 1. The van der Waals surface area contributed by atoms with Crippen LogP contribution in [0.25, 0.3) is 10.2 Å². The summed E-state index contributed by atoms with van der Waals surface area (Å²) in [6, 6.07) is 4.44. The average molecular weight is 278 g/mol. The number of thiazole rings is 1. The first-order valence-corrected chi connectivity index (χ1v) is 7.64. The normalized spacial score (nSPS) is 12.1. The number of aromatic nitrogens is 1. The van der Waals surface area contributed by atoms with Crippen molar-refractivity contribution in [3.63, 3.8) is 0 Å².